The Morgan fingerprint density at radius 3 is 1.87 bits per heavy atom. The first-order valence-electron chi connectivity index (χ1n) is 20.8. The minimum absolute atomic E-state index is 0.00912. The summed E-state index contributed by atoms with van der Waals surface area (Å²) in [4.78, 5) is 7.56. The summed E-state index contributed by atoms with van der Waals surface area (Å²) in [5.74, 6) is 1.58. The molecular weight excluding hydrogens is 772 g/mol. The summed E-state index contributed by atoms with van der Waals surface area (Å²) in [6, 6.07) is 56.9. The molecule has 12 rings (SSSR count). The Morgan fingerprint density at radius 1 is 0.517 bits per heavy atom. The summed E-state index contributed by atoms with van der Waals surface area (Å²) in [6.07, 6.45) is 0. The van der Waals surface area contributed by atoms with Crippen LogP contribution in [0.15, 0.2) is 152 Å². The molecule has 2 aromatic heterocycles. The lowest BCUT2D eigenvalue weighted by molar-refractivity contribution is 0.171. The van der Waals surface area contributed by atoms with E-state index in [1.807, 2.05) is 22.7 Å². The van der Waals surface area contributed by atoms with Crippen molar-refractivity contribution in [3.05, 3.63) is 163 Å². The molecule has 0 aliphatic carbocycles. The molecule has 7 aromatic carbocycles. The highest BCUT2D eigenvalue weighted by Gasteiger charge is 2.44. The van der Waals surface area contributed by atoms with E-state index in [-0.39, 0.29) is 12.1 Å². The zero-order valence-corrected chi connectivity index (χ0v) is 35.6. The van der Waals surface area contributed by atoms with Gasteiger partial charge in [-0.25, -0.2) is 0 Å². The van der Waals surface area contributed by atoms with E-state index in [1.54, 1.807) is 0 Å². The maximum absolute atomic E-state index is 6.19. The van der Waals surface area contributed by atoms with Gasteiger partial charge in [0.15, 0.2) is 11.5 Å². The second kappa shape index (κ2) is 13.4. The highest BCUT2D eigenvalue weighted by atomic mass is 32.1. The number of anilines is 6. The first kappa shape index (κ1) is 35.7. The Balaban J connectivity index is 1.13. The van der Waals surface area contributed by atoms with E-state index in [0.717, 1.165) is 22.9 Å². The number of benzene rings is 7. The van der Waals surface area contributed by atoms with Gasteiger partial charge in [-0.3, -0.25) is 0 Å². The van der Waals surface area contributed by atoms with Crippen LogP contribution in [0.1, 0.15) is 31.9 Å². The third-order valence-corrected chi connectivity index (χ3v) is 14.7. The predicted octanol–water partition coefficient (Wildman–Crippen LogP) is 12.9. The van der Waals surface area contributed by atoms with Gasteiger partial charge in [0.1, 0.15) is 13.2 Å². The molecule has 0 atom stereocenters. The molecule has 3 aliphatic rings. The van der Waals surface area contributed by atoms with Crippen molar-refractivity contribution in [3.8, 4) is 32.4 Å². The summed E-state index contributed by atoms with van der Waals surface area (Å²) in [6.45, 7) is 10.3. The van der Waals surface area contributed by atoms with E-state index in [0.29, 0.717) is 13.2 Å². The zero-order valence-electron chi connectivity index (χ0n) is 34.0. The standard InChI is InChI=1S/C53H41BN2O2S2/c1-32-24-44-52-45(25-32)56(38-13-9-12-33(26-38)50-28-34-10-5-7-14-48(34)59-50)43-27-36(51-29-35-11-6-8-15-49(35)60-51)16-19-40(43)54(52)41-30-37(53(2,3)4)17-20-42(41)55(44)39-18-21-46-47(31-39)58-23-22-57-46/h5-21,24-31H,22-23H2,1-4H3. The number of hydrogen-bond acceptors (Lipinski definition) is 6. The Labute approximate surface area is 359 Å². The van der Waals surface area contributed by atoms with Crippen molar-refractivity contribution in [2.45, 2.75) is 33.1 Å². The van der Waals surface area contributed by atoms with E-state index >= 15 is 0 Å². The Kier molecular flexibility index (Phi) is 7.94. The van der Waals surface area contributed by atoms with Gasteiger partial charge in [-0.1, -0.05) is 93.6 Å². The van der Waals surface area contributed by atoms with E-state index < -0.39 is 0 Å². The van der Waals surface area contributed by atoms with Crippen molar-refractivity contribution in [1.29, 1.82) is 0 Å². The molecule has 4 nitrogen and oxygen atoms in total. The minimum atomic E-state index is -0.0329. The van der Waals surface area contributed by atoms with E-state index in [4.69, 9.17) is 9.47 Å². The number of thiophene rings is 2. The van der Waals surface area contributed by atoms with Crippen LogP contribution in [0, 0.1) is 6.92 Å². The highest BCUT2D eigenvalue weighted by Crippen LogP contribution is 2.48. The van der Waals surface area contributed by atoms with Gasteiger partial charge in [0, 0.05) is 53.7 Å². The van der Waals surface area contributed by atoms with Gasteiger partial charge in [0.2, 0.25) is 0 Å². The Morgan fingerprint density at radius 2 is 1.17 bits per heavy atom. The monoisotopic (exact) mass is 812 g/mol. The molecule has 0 spiro atoms. The summed E-state index contributed by atoms with van der Waals surface area (Å²) in [7, 11) is 0. The fourth-order valence-corrected chi connectivity index (χ4v) is 11.6. The van der Waals surface area contributed by atoms with Crippen LogP contribution in [0.4, 0.5) is 34.1 Å². The molecule has 0 radical (unpaired) electrons. The Bertz CT molecular complexity index is 3150. The van der Waals surface area contributed by atoms with Gasteiger partial charge in [-0.15, -0.1) is 22.7 Å². The molecule has 3 aliphatic heterocycles. The number of aryl methyl sites for hydroxylation is 1. The van der Waals surface area contributed by atoms with Crippen molar-refractivity contribution in [3.63, 3.8) is 0 Å². The average Bonchev–Trinajstić information content (AvgIpc) is 3.91. The van der Waals surface area contributed by atoms with Crippen LogP contribution in [0.5, 0.6) is 11.5 Å². The number of ether oxygens (including phenoxy) is 2. The van der Waals surface area contributed by atoms with E-state index in [9.17, 15) is 0 Å². The molecule has 0 bridgehead atoms. The normalized spacial score (nSPS) is 14.0. The van der Waals surface area contributed by atoms with Crippen LogP contribution in [-0.2, 0) is 5.41 Å². The first-order chi connectivity index (χ1) is 29.2. The van der Waals surface area contributed by atoms with Crippen LogP contribution in [0.25, 0.3) is 41.1 Å². The van der Waals surface area contributed by atoms with Gasteiger partial charge in [-0.05, 0) is 135 Å². The second-order valence-electron chi connectivity index (χ2n) is 17.3. The molecule has 5 heterocycles. The number of rotatable bonds is 4. The van der Waals surface area contributed by atoms with Gasteiger partial charge in [0.25, 0.3) is 6.71 Å². The maximum atomic E-state index is 6.19. The Hall–Kier alpha value is -6.28. The molecule has 60 heavy (non-hydrogen) atoms. The summed E-state index contributed by atoms with van der Waals surface area (Å²) >= 11 is 3.72. The van der Waals surface area contributed by atoms with Gasteiger partial charge < -0.3 is 19.3 Å². The van der Waals surface area contributed by atoms with Crippen LogP contribution >= 0.6 is 22.7 Å². The quantitative estimate of drug-likeness (QED) is 0.165. The molecule has 0 unspecified atom stereocenters. The lowest BCUT2D eigenvalue weighted by atomic mass is 9.33. The molecule has 0 saturated heterocycles. The van der Waals surface area contributed by atoms with Crippen LogP contribution in [0.3, 0.4) is 0 Å². The van der Waals surface area contributed by atoms with Crippen molar-refractivity contribution in [2.24, 2.45) is 0 Å². The molecule has 0 fully saturated rings. The lowest BCUT2D eigenvalue weighted by Gasteiger charge is -2.45. The van der Waals surface area contributed by atoms with Gasteiger partial charge >= 0.3 is 0 Å². The smallest absolute Gasteiger partial charge is 0.252 e. The molecule has 7 heteroatoms. The summed E-state index contributed by atoms with van der Waals surface area (Å²) in [5, 5.41) is 2.56. The average molecular weight is 813 g/mol. The summed E-state index contributed by atoms with van der Waals surface area (Å²) in [5.41, 5.74) is 15.9. The predicted molar refractivity (Wildman–Crippen MR) is 257 cm³/mol. The van der Waals surface area contributed by atoms with Crippen LogP contribution < -0.4 is 35.7 Å². The number of nitrogens with zero attached hydrogens (tertiary/aromatic N) is 2. The van der Waals surface area contributed by atoms with Crippen molar-refractivity contribution in [1.82, 2.24) is 0 Å². The fraction of sp³-hybridized carbons (Fsp3) is 0.132. The van der Waals surface area contributed by atoms with E-state index in [1.165, 1.54) is 91.3 Å². The van der Waals surface area contributed by atoms with Crippen LogP contribution in [-0.4, -0.2) is 19.9 Å². The molecule has 290 valence electrons. The zero-order chi connectivity index (χ0) is 40.3. The van der Waals surface area contributed by atoms with Crippen molar-refractivity contribution >= 4 is 100 Å². The maximum Gasteiger partial charge on any atom is 0.252 e. The summed E-state index contributed by atoms with van der Waals surface area (Å²) < 4.78 is 14.8. The van der Waals surface area contributed by atoms with Crippen molar-refractivity contribution in [2.75, 3.05) is 23.0 Å². The number of fused-ring (bicyclic) bond motifs is 7. The lowest BCUT2D eigenvalue weighted by Crippen LogP contribution is -2.61. The molecule has 0 saturated carbocycles. The van der Waals surface area contributed by atoms with Crippen molar-refractivity contribution < 1.29 is 9.47 Å². The third-order valence-electron chi connectivity index (χ3n) is 12.4. The molecule has 9 aromatic rings. The highest BCUT2D eigenvalue weighted by molar-refractivity contribution is 7.22. The SMILES string of the molecule is Cc1cc2c3c(c1)N(c1cccc(-c4cc5ccccc5s4)c1)c1cc(-c4cc5ccccc5s4)ccc1B3c1cc(C(C)(C)C)ccc1N2c1ccc2c(c1)OCCO2. The fourth-order valence-electron chi connectivity index (χ4n) is 9.53. The largest absolute Gasteiger partial charge is 0.486 e. The molecule has 0 amide bonds. The third kappa shape index (κ3) is 5.63. The topological polar surface area (TPSA) is 24.9 Å². The molecular formula is C53H41BN2O2S2. The second-order valence-corrected chi connectivity index (χ2v) is 19.5. The molecule has 0 N–H and O–H groups in total. The number of hydrogen-bond donors (Lipinski definition) is 0. The van der Waals surface area contributed by atoms with Gasteiger partial charge in [-0.2, -0.15) is 0 Å². The van der Waals surface area contributed by atoms with E-state index in [2.05, 4.69) is 189 Å². The first-order valence-corrected chi connectivity index (χ1v) is 22.4. The minimum Gasteiger partial charge on any atom is -0.486 e. The van der Waals surface area contributed by atoms with Crippen LogP contribution in [0.2, 0.25) is 0 Å². The van der Waals surface area contributed by atoms with Gasteiger partial charge in [0.05, 0.1) is 5.69 Å².